The number of nitrogens with two attached hydrogens (primary N) is 1. The molecular weight excluding hydrogens is 244 g/mol. The normalized spacial score (nSPS) is 10.4. The van der Waals surface area contributed by atoms with E-state index in [0.29, 0.717) is 10.7 Å². The van der Waals surface area contributed by atoms with E-state index < -0.39 is 0 Å². The lowest BCUT2D eigenvalue weighted by Gasteiger charge is -2.24. The molecule has 0 atom stereocenters. The van der Waals surface area contributed by atoms with Crippen LogP contribution in [0.15, 0.2) is 36.4 Å². The summed E-state index contributed by atoms with van der Waals surface area (Å²) in [4.78, 5) is 2.03. The Morgan fingerprint density at radius 3 is 2.44 bits per heavy atom. The van der Waals surface area contributed by atoms with E-state index in [4.69, 9.17) is 17.3 Å². The predicted octanol–water partition coefficient (Wildman–Crippen LogP) is 4.31. The molecule has 0 saturated carbocycles. The van der Waals surface area contributed by atoms with E-state index >= 15 is 0 Å². The van der Waals surface area contributed by atoms with Crippen LogP contribution in [0.5, 0.6) is 0 Å². The fraction of sp³-hybridized carbons (Fsp3) is 0.200. The number of halogens is 1. The summed E-state index contributed by atoms with van der Waals surface area (Å²) in [7, 11) is 1.98. The summed E-state index contributed by atoms with van der Waals surface area (Å²) >= 11 is 6.24. The van der Waals surface area contributed by atoms with Gasteiger partial charge in [0.25, 0.3) is 0 Å². The number of rotatable bonds is 2. The van der Waals surface area contributed by atoms with Crippen molar-refractivity contribution in [1.82, 2.24) is 0 Å². The smallest absolute Gasteiger partial charge is 0.0831 e. The summed E-state index contributed by atoms with van der Waals surface area (Å²) in [5.74, 6) is 0. The molecule has 0 aliphatic carbocycles. The van der Waals surface area contributed by atoms with Gasteiger partial charge in [-0.3, -0.25) is 0 Å². The van der Waals surface area contributed by atoms with Crippen LogP contribution in [0.2, 0.25) is 5.02 Å². The Bertz CT molecular complexity index is 558. The molecule has 18 heavy (non-hydrogen) atoms. The lowest BCUT2D eigenvalue weighted by Crippen LogP contribution is -2.13. The summed E-state index contributed by atoms with van der Waals surface area (Å²) in [5.41, 5.74) is 11.1. The minimum atomic E-state index is 0.664. The number of para-hydroxylation sites is 1. The first-order valence-electron chi connectivity index (χ1n) is 5.85. The van der Waals surface area contributed by atoms with E-state index in [0.717, 1.165) is 11.4 Å². The maximum Gasteiger partial charge on any atom is 0.0831 e. The van der Waals surface area contributed by atoms with Gasteiger partial charge in [0.15, 0.2) is 0 Å². The molecule has 3 heteroatoms. The number of benzene rings is 2. The average molecular weight is 261 g/mol. The van der Waals surface area contributed by atoms with Gasteiger partial charge in [0, 0.05) is 12.7 Å². The largest absolute Gasteiger partial charge is 0.397 e. The molecule has 0 aliphatic heterocycles. The molecule has 0 aliphatic rings. The Labute approximate surface area is 113 Å². The van der Waals surface area contributed by atoms with Crippen LogP contribution < -0.4 is 10.6 Å². The molecule has 2 N–H and O–H groups in total. The first-order valence-corrected chi connectivity index (χ1v) is 6.23. The summed E-state index contributed by atoms with van der Waals surface area (Å²) in [6.45, 7) is 4.17. The Balaban J connectivity index is 2.51. The first-order chi connectivity index (χ1) is 8.50. The summed E-state index contributed by atoms with van der Waals surface area (Å²) in [6.07, 6.45) is 0. The van der Waals surface area contributed by atoms with Gasteiger partial charge >= 0.3 is 0 Å². The van der Waals surface area contributed by atoms with E-state index in [-0.39, 0.29) is 0 Å². The average Bonchev–Trinajstić information content (AvgIpc) is 2.28. The minimum Gasteiger partial charge on any atom is -0.397 e. The van der Waals surface area contributed by atoms with Crippen LogP contribution in [0.3, 0.4) is 0 Å². The predicted molar refractivity (Wildman–Crippen MR) is 79.8 cm³/mol. The quantitative estimate of drug-likeness (QED) is 0.816. The highest BCUT2D eigenvalue weighted by Gasteiger charge is 2.13. The molecule has 0 amide bonds. The van der Waals surface area contributed by atoms with E-state index in [1.807, 2.05) is 30.1 Å². The molecule has 0 unspecified atom stereocenters. The van der Waals surface area contributed by atoms with Gasteiger partial charge in [-0.25, -0.2) is 0 Å². The summed E-state index contributed by atoms with van der Waals surface area (Å²) < 4.78 is 0. The Hall–Kier alpha value is -1.67. The molecule has 2 nitrogen and oxygen atoms in total. The SMILES string of the molecule is Cc1ccc(N(C)c2c(N)cccc2Cl)c(C)c1. The molecular formula is C15H17ClN2. The second-order valence-corrected chi connectivity index (χ2v) is 4.93. The zero-order valence-corrected chi connectivity index (χ0v) is 11.6. The topological polar surface area (TPSA) is 29.3 Å². The minimum absolute atomic E-state index is 0.664. The molecule has 0 saturated heterocycles. The first kappa shape index (κ1) is 12.8. The van der Waals surface area contributed by atoms with Crippen LogP contribution in [0, 0.1) is 13.8 Å². The van der Waals surface area contributed by atoms with E-state index in [2.05, 4.69) is 32.0 Å². The second kappa shape index (κ2) is 4.91. The Kier molecular flexibility index (Phi) is 3.48. The molecule has 0 spiro atoms. The van der Waals surface area contributed by atoms with Crippen molar-refractivity contribution in [3.63, 3.8) is 0 Å². The zero-order chi connectivity index (χ0) is 13.3. The van der Waals surface area contributed by atoms with Crippen LogP contribution in [-0.4, -0.2) is 7.05 Å². The van der Waals surface area contributed by atoms with Gasteiger partial charge in [-0.2, -0.15) is 0 Å². The number of hydrogen-bond acceptors (Lipinski definition) is 2. The van der Waals surface area contributed by atoms with Gasteiger partial charge < -0.3 is 10.6 Å². The maximum absolute atomic E-state index is 6.24. The maximum atomic E-state index is 6.24. The number of nitrogens with zero attached hydrogens (tertiary/aromatic N) is 1. The molecule has 2 rings (SSSR count). The van der Waals surface area contributed by atoms with Gasteiger partial charge in [-0.1, -0.05) is 35.4 Å². The number of nitrogen functional groups attached to an aromatic ring is 1. The number of aryl methyl sites for hydroxylation is 2. The molecule has 2 aromatic carbocycles. The van der Waals surface area contributed by atoms with Crippen LogP contribution >= 0.6 is 11.6 Å². The summed E-state index contributed by atoms with van der Waals surface area (Å²) in [6, 6.07) is 11.9. The molecule has 0 bridgehead atoms. The lowest BCUT2D eigenvalue weighted by atomic mass is 10.1. The van der Waals surface area contributed by atoms with E-state index in [1.54, 1.807) is 0 Å². The third-order valence-electron chi connectivity index (χ3n) is 3.07. The van der Waals surface area contributed by atoms with E-state index in [9.17, 15) is 0 Å². The van der Waals surface area contributed by atoms with Gasteiger partial charge in [0.1, 0.15) is 0 Å². The van der Waals surface area contributed by atoms with E-state index in [1.165, 1.54) is 11.1 Å². The third-order valence-corrected chi connectivity index (χ3v) is 3.37. The Morgan fingerprint density at radius 1 is 1.11 bits per heavy atom. The van der Waals surface area contributed by atoms with Crippen LogP contribution in [0.1, 0.15) is 11.1 Å². The highest BCUT2D eigenvalue weighted by molar-refractivity contribution is 6.34. The van der Waals surface area contributed by atoms with Gasteiger partial charge in [0.2, 0.25) is 0 Å². The monoisotopic (exact) mass is 260 g/mol. The molecule has 0 radical (unpaired) electrons. The molecule has 2 aromatic rings. The molecule has 0 fully saturated rings. The van der Waals surface area contributed by atoms with Crippen LogP contribution in [0.25, 0.3) is 0 Å². The fourth-order valence-corrected chi connectivity index (χ4v) is 2.50. The zero-order valence-electron chi connectivity index (χ0n) is 10.9. The third kappa shape index (κ3) is 2.29. The highest BCUT2D eigenvalue weighted by Crippen LogP contribution is 2.36. The van der Waals surface area contributed by atoms with Crippen LogP contribution in [-0.2, 0) is 0 Å². The molecule has 94 valence electrons. The molecule has 0 aromatic heterocycles. The van der Waals surface area contributed by atoms with Gasteiger partial charge in [-0.15, -0.1) is 0 Å². The summed E-state index contributed by atoms with van der Waals surface area (Å²) in [5, 5.41) is 0.664. The number of hydrogen-bond donors (Lipinski definition) is 1. The van der Waals surface area contributed by atoms with Crippen molar-refractivity contribution in [2.45, 2.75) is 13.8 Å². The van der Waals surface area contributed by atoms with Crippen molar-refractivity contribution in [3.8, 4) is 0 Å². The van der Waals surface area contributed by atoms with Crippen LogP contribution in [0.4, 0.5) is 17.1 Å². The van der Waals surface area contributed by atoms with Gasteiger partial charge in [0.05, 0.1) is 16.4 Å². The standard InChI is InChI=1S/C15H17ClN2/c1-10-7-8-14(11(2)9-10)18(3)15-12(16)5-4-6-13(15)17/h4-9H,17H2,1-3H3. The highest BCUT2D eigenvalue weighted by atomic mass is 35.5. The Morgan fingerprint density at radius 2 is 1.83 bits per heavy atom. The van der Waals surface area contributed by atoms with Crippen molar-refractivity contribution in [2.24, 2.45) is 0 Å². The van der Waals surface area contributed by atoms with Crippen molar-refractivity contribution < 1.29 is 0 Å². The lowest BCUT2D eigenvalue weighted by molar-refractivity contribution is 1.18. The fourth-order valence-electron chi connectivity index (χ4n) is 2.19. The van der Waals surface area contributed by atoms with Crippen molar-refractivity contribution in [1.29, 1.82) is 0 Å². The van der Waals surface area contributed by atoms with Crippen molar-refractivity contribution in [2.75, 3.05) is 17.7 Å². The van der Waals surface area contributed by atoms with Gasteiger partial charge in [-0.05, 0) is 37.6 Å². The van der Waals surface area contributed by atoms with Crippen molar-refractivity contribution >= 4 is 28.7 Å². The molecule has 0 heterocycles. The van der Waals surface area contributed by atoms with Crippen molar-refractivity contribution in [3.05, 3.63) is 52.5 Å². The second-order valence-electron chi connectivity index (χ2n) is 4.53. The number of anilines is 3.